The number of thioether (sulfide) groups is 1. The molecule has 1 aliphatic carbocycles. The summed E-state index contributed by atoms with van der Waals surface area (Å²) in [4.78, 5) is 27.8. The van der Waals surface area contributed by atoms with Crippen molar-refractivity contribution in [1.29, 1.82) is 0 Å². The van der Waals surface area contributed by atoms with Crippen molar-refractivity contribution < 1.29 is 9.59 Å². The standard InChI is InChI=1S/C24H27BrCl2N2O2S/c1-16(24(31)28-19-5-2-3-6-19)29(13-17-9-11-18(25)12-10-17)23(30)15-32-14-20-21(26)7-4-8-22(20)27/h4,7-12,16,19H,2-3,5-6,13-15H2,1H3,(H,28,31). The molecular formula is C24H27BrCl2N2O2S. The molecule has 1 fully saturated rings. The molecule has 1 unspecified atom stereocenters. The van der Waals surface area contributed by atoms with Crippen LogP contribution in [0.2, 0.25) is 10.0 Å². The SMILES string of the molecule is CC(C(=O)NC1CCCC1)N(Cc1ccc(Br)cc1)C(=O)CSCc1c(Cl)cccc1Cl. The van der Waals surface area contributed by atoms with E-state index in [9.17, 15) is 9.59 Å². The topological polar surface area (TPSA) is 49.4 Å². The molecule has 0 radical (unpaired) electrons. The molecule has 1 atom stereocenters. The van der Waals surface area contributed by atoms with Gasteiger partial charge in [0, 0.05) is 32.9 Å². The fourth-order valence-corrected chi connectivity index (χ4v) is 5.67. The second-order valence-electron chi connectivity index (χ2n) is 8.01. The van der Waals surface area contributed by atoms with Gasteiger partial charge in [0.25, 0.3) is 0 Å². The third-order valence-corrected chi connectivity index (χ3v) is 7.85. The van der Waals surface area contributed by atoms with Gasteiger partial charge in [-0.25, -0.2) is 0 Å². The first kappa shape index (κ1) is 25.4. The first-order valence-electron chi connectivity index (χ1n) is 10.7. The summed E-state index contributed by atoms with van der Waals surface area (Å²) in [7, 11) is 0. The molecule has 0 saturated heterocycles. The van der Waals surface area contributed by atoms with Crippen molar-refractivity contribution in [3.8, 4) is 0 Å². The second kappa shape index (κ2) is 12.3. The molecule has 8 heteroatoms. The van der Waals surface area contributed by atoms with E-state index in [1.165, 1.54) is 11.8 Å². The Morgan fingerprint density at radius 2 is 1.75 bits per heavy atom. The van der Waals surface area contributed by atoms with Crippen molar-refractivity contribution in [2.24, 2.45) is 0 Å². The maximum Gasteiger partial charge on any atom is 0.242 e. The molecule has 2 aromatic carbocycles. The summed E-state index contributed by atoms with van der Waals surface area (Å²) in [6.45, 7) is 2.18. The molecular weight excluding hydrogens is 531 g/mol. The molecule has 1 N–H and O–H groups in total. The van der Waals surface area contributed by atoms with E-state index in [0.717, 1.165) is 41.3 Å². The highest BCUT2D eigenvalue weighted by Gasteiger charge is 2.28. The van der Waals surface area contributed by atoms with Crippen LogP contribution in [0.1, 0.15) is 43.7 Å². The van der Waals surface area contributed by atoms with Crippen LogP contribution in [0.4, 0.5) is 0 Å². The quantitative estimate of drug-likeness (QED) is 0.384. The van der Waals surface area contributed by atoms with E-state index in [2.05, 4.69) is 21.2 Å². The molecule has 4 nitrogen and oxygen atoms in total. The van der Waals surface area contributed by atoms with E-state index in [0.29, 0.717) is 22.3 Å². The van der Waals surface area contributed by atoms with Crippen molar-refractivity contribution in [3.63, 3.8) is 0 Å². The van der Waals surface area contributed by atoms with E-state index >= 15 is 0 Å². The smallest absolute Gasteiger partial charge is 0.242 e. The Morgan fingerprint density at radius 1 is 1.12 bits per heavy atom. The summed E-state index contributed by atoms with van der Waals surface area (Å²) < 4.78 is 0.971. The van der Waals surface area contributed by atoms with Gasteiger partial charge in [0.1, 0.15) is 6.04 Å². The van der Waals surface area contributed by atoms with Gasteiger partial charge in [-0.05, 0) is 55.2 Å². The van der Waals surface area contributed by atoms with Gasteiger partial charge < -0.3 is 10.2 Å². The number of benzene rings is 2. The average Bonchev–Trinajstić information content (AvgIpc) is 3.27. The van der Waals surface area contributed by atoms with Gasteiger partial charge in [0.2, 0.25) is 11.8 Å². The van der Waals surface area contributed by atoms with Crippen molar-refractivity contribution >= 4 is 62.7 Å². The molecule has 32 heavy (non-hydrogen) atoms. The normalized spacial score (nSPS) is 14.9. The van der Waals surface area contributed by atoms with E-state index in [1.54, 1.807) is 30.0 Å². The summed E-state index contributed by atoms with van der Waals surface area (Å²) in [5.41, 5.74) is 1.79. The predicted molar refractivity (Wildman–Crippen MR) is 137 cm³/mol. The molecule has 2 aromatic rings. The molecule has 0 bridgehead atoms. The number of amides is 2. The van der Waals surface area contributed by atoms with Gasteiger partial charge in [-0.2, -0.15) is 0 Å². The second-order valence-corrected chi connectivity index (χ2v) is 10.7. The van der Waals surface area contributed by atoms with E-state index < -0.39 is 6.04 Å². The van der Waals surface area contributed by atoms with Crippen molar-refractivity contribution in [3.05, 3.63) is 68.1 Å². The Kier molecular flexibility index (Phi) is 9.77. The number of rotatable bonds is 9. The Labute approximate surface area is 212 Å². The highest BCUT2D eigenvalue weighted by atomic mass is 79.9. The van der Waals surface area contributed by atoms with Crippen LogP contribution in [-0.4, -0.2) is 34.6 Å². The number of hydrogen-bond donors (Lipinski definition) is 1. The van der Waals surface area contributed by atoms with Crippen LogP contribution in [0, 0.1) is 0 Å². The first-order valence-corrected chi connectivity index (χ1v) is 13.4. The lowest BCUT2D eigenvalue weighted by molar-refractivity contribution is -0.138. The molecule has 1 saturated carbocycles. The van der Waals surface area contributed by atoms with Crippen LogP contribution in [0.3, 0.4) is 0 Å². The summed E-state index contributed by atoms with van der Waals surface area (Å²) in [6, 6.07) is 12.8. The van der Waals surface area contributed by atoms with E-state index in [-0.39, 0.29) is 23.6 Å². The number of carbonyl (C=O) groups is 2. The highest BCUT2D eigenvalue weighted by molar-refractivity contribution is 9.10. The zero-order chi connectivity index (χ0) is 23.1. The van der Waals surface area contributed by atoms with Gasteiger partial charge >= 0.3 is 0 Å². The Morgan fingerprint density at radius 3 is 2.38 bits per heavy atom. The molecule has 0 heterocycles. The van der Waals surface area contributed by atoms with Crippen LogP contribution in [0.5, 0.6) is 0 Å². The lowest BCUT2D eigenvalue weighted by Gasteiger charge is -2.29. The van der Waals surface area contributed by atoms with Crippen LogP contribution in [0.25, 0.3) is 0 Å². The fraction of sp³-hybridized carbons (Fsp3) is 0.417. The number of halogens is 3. The van der Waals surface area contributed by atoms with Crippen LogP contribution < -0.4 is 5.32 Å². The molecule has 0 aliphatic heterocycles. The summed E-state index contributed by atoms with van der Waals surface area (Å²) >= 11 is 17.4. The first-order chi connectivity index (χ1) is 15.3. The predicted octanol–water partition coefficient (Wildman–Crippen LogP) is 6.47. The van der Waals surface area contributed by atoms with E-state index in [4.69, 9.17) is 23.2 Å². The molecule has 2 amide bonds. The minimum Gasteiger partial charge on any atom is -0.352 e. The van der Waals surface area contributed by atoms with Crippen molar-refractivity contribution in [2.45, 2.75) is 57.0 Å². The maximum atomic E-state index is 13.2. The van der Waals surface area contributed by atoms with Gasteiger partial charge in [-0.15, -0.1) is 11.8 Å². The van der Waals surface area contributed by atoms with Crippen molar-refractivity contribution in [1.82, 2.24) is 10.2 Å². The van der Waals surface area contributed by atoms with Crippen molar-refractivity contribution in [2.75, 3.05) is 5.75 Å². The molecule has 1 aliphatic rings. The third kappa shape index (κ3) is 7.14. The van der Waals surface area contributed by atoms with Gasteiger partial charge in [-0.3, -0.25) is 9.59 Å². The van der Waals surface area contributed by atoms with Crippen LogP contribution in [0.15, 0.2) is 46.9 Å². The zero-order valence-electron chi connectivity index (χ0n) is 18.0. The van der Waals surface area contributed by atoms with Gasteiger partial charge in [0.05, 0.1) is 5.75 Å². The monoisotopic (exact) mass is 556 g/mol. The Balaban J connectivity index is 1.67. The Hall–Kier alpha value is -1.21. The fourth-order valence-electron chi connectivity index (χ4n) is 3.75. The zero-order valence-corrected chi connectivity index (χ0v) is 21.9. The Bertz CT molecular complexity index is 916. The van der Waals surface area contributed by atoms with Crippen LogP contribution in [-0.2, 0) is 21.9 Å². The summed E-state index contributed by atoms with van der Waals surface area (Å²) in [5, 5.41) is 4.31. The highest BCUT2D eigenvalue weighted by Crippen LogP contribution is 2.28. The molecule has 172 valence electrons. The number of nitrogens with zero attached hydrogens (tertiary/aromatic N) is 1. The number of carbonyl (C=O) groups excluding carboxylic acids is 2. The largest absolute Gasteiger partial charge is 0.352 e. The maximum absolute atomic E-state index is 13.2. The summed E-state index contributed by atoms with van der Waals surface area (Å²) in [5.74, 6) is 0.578. The lowest BCUT2D eigenvalue weighted by atomic mass is 10.1. The molecule has 3 rings (SSSR count). The molecule has 0 spiro atoms. The lowest BCUT2D eigenvalue weighted by Crippen LogP contribution is -2.50. The van der Waals surface area contributed by atoms with Crippen LogP contribution >= 0.6 is 50.9 Å². The van der Waals surface area contributed by atoms with Gasteiger partial charge in [0.15, 0.2) is 0 Å². The molecule has 0 aromatic heterocycles. The number of hydrogen-bond acceptors (Lipinski definition) is 3. The van der Waals surface area contributed by atoms with E-state index in [1.807, 2.05) is 24.3 Å². The average molecular weight is 558 g/mol. The minimum atomic E-state index is -0.559. The minimum absolute atomic E-state index is 0.0878. The summed E-state index contributed by atoms with van der Waals surface area (Å²) in [6.07, 6.45) is 4.30. The number of nitrogens with one attached hydrogen (secondary N) is 1. The van der Waals surface area contributed by atoms with Gasteiger partial charge in [-0.1, -0.05) is 70.2 Å². The third-order valence-electron chi connectivity index (χ3n) is 5.67.